The van der Waals surface area contributed by atoms with Crippen LogP contribution in [0.5, 0.6) is 0 Å². The molecule has 2 heterocycles. The van der Waals surface area contributed by atoms with Gasteiger partial charge in [-0.2, -0.15) is 26.3 Å². The van der Waals surface area contributed by atoms with Crippen LogP contribution in [0.25, 0.3) is 0 Å². The summed E-state index contributed by atoms with van der Waals surface area (Å²) in [7, 11) is 0. The SMILES string of the molecule is O=C(N1CCC(Cc2cc(C(F)(F)F)cc(C(F)(F)F)c2)CC1)n1ccnc1. The zero-order valence-electron chi connectivity index (χ0n) is 14.6. The molecule has 1 aromatic heterocycles. The van der Waals surface area contributed by atoms with Crippen LogP contribution in [0, 0.1) is 5.92 Å². The average Bonchev–Trinajstić information content (AvgIpc) is 3.15. The van der Waals surface area contributed by atoms with Gasteiger partial charge in [0.15, 0.2) is 0 Å². The van der Waals surface area contributed by atoms with Crippen LogP contribution in [0.4, 0.5) is 31.1 Å². The molecule has 1 amide bonds. The number of imidazole rings is 1. The number of carbonyl (C=O) groups excluding carboxylic acids is 1. The lowest BCUT2D eigenvalue weighted by Crippen LogP contribution is -2.40. The Morgan fingerprint density at radius 3 is 2.04 bits per heavy atom. The van der Waals surface area contributed by atoms with E-state index in [-0.39, 0.29) is 30.0 Å². The number of amides is 1. The molecule has 0 saturated carbocycles. The summed E-state index contributed by atoms with van der Waals surface area (Å²) >= 11 is 0. The number of rotatable bonds is 2. The third-order valence-corrected chi connectivity index (χ3v) is 4.78. The van der Waals surface area contributed by atoms with E-state index in [0.717, 1.165) is 12.1 Å². The van der Waals surface area contributed by atoms with Crippen molar-refractivity contribution in [2.75, 3.05) is 13.1 Å². The predicted molar refractivity (Wildman–Crippen MR) is 87.5 cm³/mol. The molecule has 28 heavy (non-hydrogen) atoms. The smallest absolute Gasteiger partial charge is 0.324 e. The van der Waals surface area contributed by atoms with Gasteiger partial charge in [0, 0.05) is 25.5 Å². The second kappa shape index (κ2) is 7.48. The van der Waals surface area contributed by atoms with Crippen molar-refractivity contribution in [2.24, 2.45) is 5.92 Å². The molecule has 3 rings (SSSR count). The standard InChI is InChI=1S/C18H17F6N3O/c19-17(20,21)14-8-13(9-15(10-14)18(22,23)24)7-12-1-4-26(5-2-12)16(28)27-6-3-25-11-27/h3,6,8-12H,1-2,4-5,7H2. The summed E-state index contributed by atoms with van der Waals surface area (Å²) in [5.41, 5.74) is -2.60. The Hall–Kier alpha value is -2.52. The van der Waals surface area contributed by atoms with Crippen molar-refractivity contribution >= 4 is 6.03 Å². The van der Waals surface area contributed by atoms with E-state index in [1.807, 2.05) is 0 Å². The quantitative estimate of drug-likeness (QED) is 0.671. The van der Waals surface area contributed by atoms with Gasteiger partial charge >= 0.3 is 18.4 Å². The van der Waals surface area contributed by atoms with Gasteiger partial charge in [-0.05, 0) is 48.9 Å². The Kier molecular flexibility index (Phi) is 5.40. The molecule has 1 aromatic carbocycles. The molecule has 152 valence electrons. The van der Waals surface area contributed by atoms with Gasteiger partial charge in [0.1, 0.15) is 6.33 Å². The number of aromatic nitrogens is 2. The number of halogens is 6. The fraction of sp³-hybridized carbons (Fsp3) is 0.444. The highest BCUT2D eigenvalue weighted by atomic mass is 19.4. The first-order valence-corrected chi connectivity index (χ1v) is 8.59. The van der Waals surface area contributed by atoms with Crippen molar-refractivity contribution < 1.29 is 31.1 Å². The summed E-state index contributed by atoms with van der Waals surface area (Å²) in [5.74, 6) is -0.101. The summed E-state index contributed by atoms with van der Waals surface area (Å²) in [4.78, 5) is 17.6. The molecule has 0 spiro atoms. The fourth-order valence-corrected chi connectivity index (χ4v) is 3.33. The van der Waals surface area contributed by atoms with Gasteiger partial charge in [0.05, 0.1) is 11.1 Å². The average molecular weight is 405 g/mol. The van der Waals surface area contributed by atoms with Crippen molar-refractivity contribution in [3.05, 3.63) is 53.6 Å². The number of hydrogen-bond donors (Lipinski definition) is 0. The van der Waals surface area contributed by atoms with Crippen molar-refractivity contribution in [3.8, 4) is 0 Å². The maximum absolute atomic E-state index is 13.0. The number of benzene rings is 1. The van der Waals surface area contributed by atoms with Crippen LogP contribution >= 0.6 is 0 Å². The van der Waals surface area contributed by atoms with E-state index in [1.54, 1.807) is 4.90 Å². The molecule has 4 nitrogen and oxygen atoms in total. The first-order valence-electron chi connectivity index (χ1n) is 8.59. The monoisotopic (exact) mass is 405 g/mol. The highest BCUT2D eigenvalue weighted by molar-refractivity contribution is 5.76. The number of alkyl halides is 6. The van der Waals surface area contributed by atoms with E-state index >= 15 is 0 Å². The van der Waals surface area contributed by atoms with Crippen LogP contribution in [0.2, 0.25) is 0 Å². The summed E-state index contributed by atoms with van der Waals surface area (Å²) < 4.78 is 79.1. The first-order chi connectivity index (χ1) is 13.0. The lowest BCUT2D eigenvalue weighted by molar-refractivity contribution is -0.143. The largest absolute Gasteiger partial charge is 0.416 e. The molecule has 1 saturated heterocycles. The molecule has 10 heteroatoms. The normalized spacial score (nSPS) is 16.4. The molecule has 0 N–H and O–H groups in total. The van der Waals surface area contributed by atoms with Crippen LogP contribution < -0.4 is 0 Å². The van der Waals surface area contributed by atoms with Gasteiger partial charge in [-0.3, -0.25) is 4.57 Å². The highest BCUT2D eigenvalue weighted by Gasteiger charge is 2.37. The van der Waals surface area contributed by atoms with Crippen LogP contribution in [0.15, 0.2) is 36.9 Å². The van der Waals surface area contributed by atoms with Crippen molar-refractivity contribution in [1.29, 1.82) is 0 Å². The molecule has 0 radical (unpaired) electrons. The third kappa shape index (κ3) is 4.66. The van der Waals surface area contributed by atoms with Crippen molar-refractivity contribution in [3.63, 3.8) is 0 Å². The fourth-order valence-electron chi connectivity index (χ4n) is 3.33. The van der Waals surface area contributed by atoms with E-state index in [9.17, 15) is 31.1 Å². The van der Waals surface area contributed by atoms with Gasteiger partial charge in [-0.15, -0.1) is 0 Å². The number of carbonyl (C=O) groups is 1. The number of hydrogen-bond acceptors (Lipinski definition) is 2. The molecule has 1 aliphatic heterocycles. The number of likely N-dealkylation sites (tertiary alicyclic amines) is 1. The van der Waals surface area contributed by atoms with Gasteiger partial charge in [0.2, 0.25) is 0 Å². The van der Waals surface area contributed by atoms with Crippen molar-refractivity contribution in [2.45, 2.75) is 31.6 Å². The molecular weight excluding hydrogens is 388 g/mol. The first kappa shape index (κ1) is 20.2. The van der Waals surface area contributed by atoms with Crippen molar-refractivity contribution in [1.82, 2.24) is 14.5 Å². The molecule has 1 fully saturated rings. The van der Waals surface area contributed by atoms with E-state index in [2.05, 4.69) is 4.98 Å². The molecule has 2 aromatic rings. The Labute approximate surface area is 156 Å². The minimum Gasteiger partial charge on any atom is -0.324 e. The van der Waals surface area contributed by atoms with Gasteiger partial charge in [0.25, 0.3) is 0 Å². The van der Waals surface area contributed by atoms with E-state index in [4.69, 9.17) is 0 Å². The Morgan fingerprint density at radius 1 is 1.00 bits per heavy atom. The lowest BCUT2D eigenvalue weighted by Gasteiger charge is -2.32. The predicted octanol–water partition coefficient (Wildman–Crippen LogP) is 4.84. The van der Waals surface area contributed by atoms with Crippen LogP contribution in [-0.4, -0.2) is 33.6 Å². The Bertz CT molecular complexity index is 789. The van der Waals surface area contributed by atoms with E-state index in [0.29, 0.717) is 25.9 Å². The van der Waals surface area contributed by atoms with E-state index in [1.165, 1.54) is 23.3 Å². The number of piperidine rings is 1. The Balaban J connectivity index is 1.70. The molecule has 0 unspecified atom stereocenters. The molecule has 1 aliphatic rings. The second-order valence-corrected chi connectivity index (χ2v) is 6.80. The van der Waals surface area contributed by atoms with Crippen LogP contribution in [-0.2, 0) is 18.8 Å². The zero-order valence-corrected chi connectivity index (χ0v) is 14.6. The van der Waals surface area contributed by atoms with E-state index < -0.39 is 23.5 Å². The van der Waals surface area contributed by atoms with Crippen LogP contribution in [0.3, 0.4) is 0 Å². The number of nitrogens with zero attached hydrogens (tertiary/aromatic N) is 3. The topological polar surface area (TPSA) is 38.1 Å². The van der Waals surface area contributed by atoms with Crippen LogP contribution in [0.1, 0.15) is 29.5 Å². The maximum Gasteiger partial charge on any atom is 0.416 e. The highest BCUT2D eigenvalue weighted by Crippen LogP contribution is 2.37. The zero-order chi connectivity index (χ0) is 20.5. The minimum absolute atomic E-state index is 0.00142. The summed E-state index contributed by atoms with van der Waals surface area (Å²) in [5, 5.41) is 0. The second-order valence-electron chi connectivity index (χ2n) is 6.80. The minimum atomic E-state index is -4.85. The summed E-state index contributed by atoms with van der Waals surface area (Å²) in [6.45, 7) is 0.763. The van der Waals surface area contributed by atoms with Gasteiger partial charge in [-0.25, -0.2) is 9.78 Å². The molecule has 0 atom stereocenters. The third-order valence-electron chi connectivity index (χ3n) is 4.78. The lowest BCUT2D eigenvalue weighted by atomic mass is 9.89. The van der Waals surface area contributed by atoms with Gasteiger partial charge < -0.3 is 4.90 Å². The molecular formula is C18H17F6N3O. The van der Waals surface area contributed by atoms with Gasteiger partial charge in [-0.1, -0.05) is 0 Å². The Morgan fingerprint density at radius 2 is 1.57 bits per heavy atom. The summed E-state index contributed by atoms with van der Waals surface area (Å²) in [6, 6.07) is 1.43. The molecule has 0 bridgehead atoms. The molecule has 0 aliphatic carbocycles. The summed E-state index contributed by atoms with van der Waals surface area (Å²) in [6.07, 6.45) is -4.26. The maximum atomic E-state index is 13.0.